The highest BCUT2D eigenvalue weighted by Gasteiger charge is 2.10. The molecule has 4 heteroatoms. The van der Waals surface area contributed by atoms with Crippen LogP contribution in [0.15, 0.2) is 11.4 Å². The number of nitrogens with one attached hydrogen (secondary N) is 1. The monoisotopic (exact) mass is 263 g/mol. The molecule has 0 aromatic carbocycles. The minimum atomic E-state index is 0.449. The van der Waals surface area contributed by atoms with Crippen molar-refractivity contribution in [3.63, 3.8) is 0 Å². The van der Waals surface area contributed by atoms with Crippen LogP contribution >= 0.6 is 11.3 Å². The van der Waals surface area contributed by atoms with Gasteiger partial charge in [-0.25, -0.2) is 9.97 Å². The van der Waals surface area contributed by atoms with Gasteiger partial charge in [-0.15, -0.1) is 11.3 Å². The molecule has 3 nitrogen and oxygen atoms in total. The van der Waals surface area contributed by atoms with Gasteiger partial charge in [0, 0.05) is 6.04 Å². The highest BCUT2D eigenvalue weighted by Crippen LogP contribution is 2.25. The largest absolute Gasteiger partial charge is 0.367 e. The Hall–Kier alpha value is -1.16. The number of rotatable bonds is 5. The third-order valence-corrected chi connectivity index (χ3v) is 3.80. The molecule has 0 saturated heterocycles. The summed E-state index contributed by atoms with van der Waals surface area (Å²) in [6.45, 7) is 8.69. The van der Waals surface area contributed by atoms with Gasteiger partial charge in [-0.3, -0.25) is 0 Å². The van der Waals surface area contributed by atoms with Gasteiger partial charge in [-0.05, 0) is 44.1 Å². The van der Waals surface area contributed by atoms with Crippen molar-refractivity contribution in [2.75, 3.05) is 5.32 Å². The fourth-order valence-corrected chi connectivity index (χ4v) is 2.77. The summed E-state index contributed by atoms with van der Waals surface area (Å²) in [6, 6.07) is 2.54. The second-order valence-electron chi connectivity index (χ2n) is 5.28. The van der Waals surface area contributed by atoms with Gasteiger partial charge < -0.3 is 5.32 Å². The second kappa shape index (κ2) is 5.65. The number of fused-ring (bicyclic) bond motifs is 1. The number of anilines is 1. The summed E-state index contributed by atoms with van der Waals surface area (Å²) in [6.07, 6.45) is 2.41. The van der Waals surface area contributed by atoms with Crippen molar-refractivity contribution in [2.24, 2.45) is 5.92 Å². The van der Waals surface area contributed by atoms with Crippen molar-refractivity contribution in [2.45, 2.75) is 46.6 Å². The zero-order valence-electron chi connectivity index (χ0n) is 11.5. The maximum Gasteiger partial charge on any atom is 0.138 e. The van der Waals surface area contributed by atoms with Crippen molar-refractivity contribution < 1.29 is 0 Å². The minimum absolute atomic E-state index is 0.449. The molecule has 0 amide bonds. The SMILES string of the molecule is Cc1nc(NC(C)CCC(C)C)c2ccsc2n1. The summed E-state index contributed by atoms with van der Waals surface area (Å²) >= 11 is 1.67. The first-order chi connectivity index (χ1) is 8.56. The molecule has 0 aliphatic carbocycles. The Bertz CT molecular complexity index is 519. The van der Waals surface area contributed by atoms with E-state index in [0.29, 0.717) is 6.04 Å². The zero-order chi connectivity index (χ0) is 13.1. The van der Waals surface area contributed by atoms with Gasteiger partial charge in [0.15, 0.2) is 0 Å². The summed E-state index contributed by atoms with van der Waals surface area (Å²) in [5.41, 5.74) is 0. The van der Waals surface area contributed by atoms with E-state index in [1.807, 2.05) is 6.92 Å². The smallest absolute Gasteiger partial charge is 0.138 e. The molecule has 1 unspecified atom stereocenters. The van der Waals surface area contributed by atoms with E-state index in [-0.39, 0.29) is 0 Å². The molecule has 2 aromatic rings. The summed E-state index contributed by atoms with van der Waals surface area (Å²) in [7, 11) is 0. The van der Waals surface area contributed by atoms with E-state index in [4.69, 9.17) is 0 Å². The Morgan fingerprint density at radius 1 is 1.22 bits per heavy atom. The molecule has 2 rings (SSSR count). The molecule has 0 saturated carbocycles. The lowest BCUT2D eigenvalue weighted by molar-refractivity contribution is 0.527. The number of hydrogen-bond donors (Lipinski definition) is 1. The first-order valence-electron chi connectivity index (χ1n) is 6.54. The first kappa shape index (κ1) is 13.3. The molecule has 0 spiro atoms. The average Bonchev–Trinajstić information content (AvgIpc) is 2.74. The van der Waals surface area contributed by atoms with E-state index in [9.17, 15) is 0 Å². The predicted octanol–water partition coefficient (Wildman–Crippen LogP) is 4.24. The van der Waals surface area contributed by atoms with E-state index in [2.05, 4.69) is 47.5 Å². The van der Waals surface area contributed by atoms with Crippen LogP contribution in [-0.4, -0.2) is 16.0 Å². The Balaban J connectivity index is 2.13. The second-order valence-corrected chi connectivity index (χ2v) is 6.17. The van der Waals surface area contributed by atoms with E-state index >= 15 is 0 Å². The van der Waals surface area contributed by atoms with Gasteiger partial charge in [0.1, 0.15) is 16.5 Å². The summed E-state index contributed by atoms with van der Waals surface area (Å²) in [4.78, 5) is 10.0. The maximum absolute atomic E-state index is 4.53. The summed E-state index contributed by atoms with van der Waals surface area (Å²) in [5.74, 6) is 2.57. The summed E-state index contributed by atoms with van der Waals surface area (Å²) in [5, 5.41) is 6.74. The van der Waals surface area contributed by atoms with Crippen molar-refractivity contribution in [3.05, 3.63) is 17.3 Å². The van der Waals surface area contributed by atoms with Crippen LogP contribution in [0.1, 0.15) is 39.4 Å². The van der Waals surface area contributed by atoms with Crippen LogP contribution in [0, 0.1) is 12.8 Å². The standard InChI is InChI=1S/C14H21N3S/c1-9(2)5-6-10(3)15-13-12-7-8-18-14(12)17-11(4)16-13/h7-10H,5-6H2,1-4H3,(H,15,16,17). The van der Waals surface area contributed by atoms with Crippen molar-refractivity contribution in [3.8, 4) is 0 Å². The topological polar surface area (TPSA) is 37.8 Å². The van der Waals surface area contributed by atoms with Crippen LogP contribution in [0.3, 0.4) is 0 Å². The highest BCUT2D eigenvalue weighted by atomic mass is 32.1. The van der Waals surface area contributed by atoms with Crippen LogP contribution in [0.4, 0.5) is 5.82 Å². The van der Waals surface area contributed by atoms with Crippen molar-refractivity contribution in [1.29, 1.82) is 0 Å². The van der Waals surface area contributed by atoms with E-state index < -0.39 is 0 Å². The number of aromatic nitrogens is 2. The maximum atomic E-state index is 4.53. The van der Waals surface area contributed by atoms with Gasteiger partial charge in [-0.1, -0.05) is 13.8 Å². The lowest BCUT2D eigenvalue weighted by Crippen LogP contribution is -2.17. The molecule has 1 N–H and O–H groups in total. The Morgan fingerprint density at radius 3 is 2.72 bits per heavy atom. The van der Waals surface area contributed by atoms with Gasteiger partial charge in [0.25, 0.3) is 0 Å². The molecule has 2 aromatic heterocycles. The van der Waals surface area contributed by atoms with E-state index in [1.165, 1.54) is 12.8 Å². The molecule has 2 heterocycles. The molecule has 1 atom stereocenters. The summed E-state index contributed by atoms with van der Waals surface area (Å²) < 4.78 is 0. The number of hydrogen-bond acceptors (Lipinski definition) is 4. The molecule has 0 aliphatic rings. The Morgan fingerprint density at radius 2 is 2.00 bits per heavy atom. The van der Waals surface area contributed by atoms with Crippen molar-refractivity contribution >= 4 is 27.4 Å². The molecular formula is C14H21N3S. The molecule has 0 radical (unpaired) electrons. The quantitative estimate of drug-likeness (QED) is 0.877. The third-order valence-electron chi connectivity index (χ3n) is 3.00. The Kier molecular flexibility index (Phi) is 4.17. The fraction of sp³-hybridized carbons (Fsp3) is 0.571. The lowest BCUT2D eigenvalue weighted by Gasteiger charge is -2.16. The minimum Gasteiger partial charge on any atom is -0.367 e. The zero-order valence-corrected chi connectivity index (χ0v) is 12.3. The van der Waals surface area contributed by atoms with Crippen molar-refractivity contribution in [1.82, 2.24) is 9.97 Å². The predicted molar refractivity (Wildman–Crippen MR) is 79.3 cm³/mol. The van der Waals surface area contributed by atoms with Gasteiger partial charge in [0.2, 0.25) is 0 Å². The Labute approximate surface area is 113 Å². The van der Waals surface area contributed by atoms with E-state index in [0.717, 1.165) is 27.8 Å². The lowest BCUT2D eigenvalue weighted by atomic mass is 10.0. The molecular weight excluding hydrogens is 242 g/mol. The van der Waals surface area contributed by atoms with Gasteiger partial charge in [0.05, 0.1) is 5.39 Å². The van der Waals surface area contributed by atoms with Crippen LogP contribution < -0.4 is 5.32 Å². The molecule has 0 fully saturated rings. The fourth-order valence-electron chi connectivity index (χ4n) is 1.96. The average molecular weight is 263 g/mol. The molecule has 18 heavy (non-hydrogen) atoms. The number of thiophene rings is 1. The molecule has 0 aliphatic heterocycles. The number of nitrogens with zero attached hydrogens (tertiary/aromatic N) is 2. The van der Waals surface area contributed by atoms with E-state index in [1.54, 1.807) is 11.3 Å². The number of aryl methyl sites for hydroxylation is 1. The van der Waals surface area contributed by atoms with Crippen LogP contribution in [-0.2, 0) is 0 Å². The van der Waals surface area contributed by atoms with Gasteiger partial charge >= 0.3 is 0 Å². The highest BCUT2D eigenvalue weighted by molar-refractivity contribution is 7.16. The van der Waals surface area contributed by atoms with Crippen LogP contribution in [0.5, 0.6) is 0 Å². The molecule has 98 valence electrons. The van der Waals surface area contributed by atoms with Crippen LogP contribution in [0.2, 0.25) is 0 Å². The molecule has 0 bridgehead atoms. The van der Waals surface area contributed by atoms with Crippen LogP contribution in [0.25, 0.3) is 10.2 Å². The third kappa shape index (κ3) is 3.19. The van der Waals surface area contributed by atoms with Gasteiger partial charge in [-0.2, -0.15) is 0 Å². The normalized spacial score (nSPS) is 13.2. The first-order valence-corrected chi connectivity index (χ1v) is 7.42.